The molecule has 5 atom stereocenters. The highest BCUT2D eigenvalue weighted by Crippen LogP contribution is 2.10. The van der Waals surface area contributed by atoms with E-state index >= 15 is 0 Å². The number of amides is 3. The number of aromatic nitrogens is 2. The molecule has 5 unspecified atom stereocenters. The maximum absolute atomic E-state index is 12.8. The van der Waals surface area contributed by atoms with Crippen molar-refractivity contribution in [1.82, 2.24) is 25.9 Å². The number of nitrogens with one attached hydrogen (secondary N) is 4. The van der Waals surface area contributed by atoms with Gasteiger partial charge in [0.05, 0.1) is 12.4 Å². The van der Waals surface area contributed by atoms with Crippen molar-refractivity contribution in [3.05, 3.63) is 18.2 Å². The second-order valence-corrected chi connectivity index (χ2v) is 8.44. The summed E-state index contributed by atoms with van der Waals surface area (Å²) in [6.45, 7) is 6.99. The number of rotatable bonds is 13. The molecule has 1 aromatic rings. The number of imidazole rings is 1. The fourth-order valence-corrected chi connectivity index (χ4v) is 3.17. The molecular formula is C20H34N6O5S. The number of nitrogens with two attached hydrogens (primary N) is 1. The Bertz CT molecular complexity index is 773. The van der Waals surface area contributed by atoms with Gasteiger partial charge >= 0.3 is 5.97 Å². The summed E-state index contributed by atoms with van der Waals surface area (Å²) < 4.78 is 0. The number of carboxylic acids is 1. The molecule has 11 nitrogen and oxygen atoms in total. The first-order valence-electron chi connectivity index (χ1n) is 10.5. The van der Waals surface area contributed by atoms with Crippen LogP contribution in [0.5, 0.6) is 0 Å². The number of nitrogens with zero attached hydrogens (tertiary/aromatic N) is 1. The van der Waals surface area contributed by atoms with Crippen LogP contribution in [0.4, 0.5) is 0 Å². The van der Waals surface area contributed by atoms with Crippen LogP contribution >= 0.6 is 12.6 Å². The lowest BCUT2D eigenvalue weighted by Crippen LogP contribution is -2.59. The third kappa shape index (κ3) is 8.15. The van der Waals surface area contributed by atoms with E-state index in [4.69, 9.17) is 5.73 Å². The van der Waals surface area contributed by atoms with E-state index in [0.717, 1.165) is 0 Å². The van der Waals surface area contributed by atoms with E-state index < -0.39 is 47.9 Å². The molecule has 3 amide bonds. The molecule has 1 rings (SSSR count). The van der Waals surface area contributed by atoms with Crippen LogP contribution in [0.25, 0.3) is 0 Å². The van der Waals surface area contributed by atoms with Crippen molar-refractivity contribution in [3.8, 4) is 0 Å². The number of carboxylic acid groups (broad SMARTS) is 1. The Hall–Kier alpha value is -2.60. The maximum atomic E-state index is 12.8. The van der Waals surface area contributed by atoms with Crippen molar-refractivity contribution in [1.29, 1.82) is 0 Å². The Labute approximate surface area is 193 Å². The number of hydrogen-bond donors (Lipinski definition) is 7. The van der Waals surface area contributed by atoms with Crippen molar-refractivity contribution in [3.63, 3.8) is 0 Å². The van der Waals surface area contributed by atoms with E-state index in [1.165, 1.54) is 6.33 Å². The monoisotopic (exact) mass is 470 g/mol. The van der Waals surface area contributed by atoms with Crippen LogP contribution in [0.2, 0.25) is 0 Å². The molecule has 0 aromatic carbocycles. The second-order valence-electron chi connectivity index (χ2n) is 8.07. The zero-order chi connectivity index (χ0) is 24.4. The van der Waals surface area contributed by atoms with Gasteiger partial charge in [-0.25, -0.2) is 9.78 Å². The van der Waals surface area contributed by atoms with Gasteiger partial charge in [0.1, 0.15) is 18.1 Å². The highest BCUT2D eigenvalue weighted by molar-refractivity contribution is 7.80. The zero-order valence-electron chi connectivity index (χ0n) is 18.8. The number of carbonyl (C=O) groups excluding carboxylic acids is 3. The van der Waals surface area contributed by atoms with E-state index in [1.807, 2.05) is 6.92 Å². The summed E-state index contributed by atoms with van der Waals surface area (Å²) in [4.78, 5) is 56.1. The number of aromatic amines is 1. The van der Waals surface area contributed by atoms with Crippen LogP contribution in [-0.2, 0) is 25.6 Å². The van der Waals surface area contributed by atoms with Gasteiger partial charge in [-0.1, -0.05) is 34.1 Å². The Morgan fingerprint density at radius 1 is 1.09 bits per heavy atom. The van der Waals surface area contributed by atoms with Gasteiger partial charge in [0.25, 0.3) is 0 Å². The number of carbonyl (C=O) groups is 4. The summed E-state index contributed by atoms with van der Waals surface area (Å²) in [6, 6.07) is -4.02. The minimum absolute atomic E-state index is 0.0224. The minimum Gasteiger partial charge on any atom is -0.480 e. The fourth-order valence-electron chi connectivity index (χ4n) is 2.91. The predicted octanol–water partition coefficient (Wildman–Crippen LogP) is -0.550. The number of aliphatic carboxylic acids is 1. The number of H-pyrrole nitrogens is 1. The van der Waals surface area contributed by atoms with Gasteiger partial charge in [-0.2, -0.15) is 12.6 Å². The molecule has 0 aliphatic heterocycles. The van der Waals surface area contributed by atoms with E-state index in [-0.39, 0.29) is 24.0 Å². The number of hydrogen-bond acceptors (Lipinski definition) is 7. The summed E-state index contributed by atoms with van der Waals surface area (Å²) in [5.74, 6) is -3.57. The topological polar surface area (TPSA) is 179 Å². The molecule has 180 valence electrons. The summed E-state index contributed by atoms with van der Waals surface area (Å²) in [7, 11) is 0. The number of thiol groups is 1. The van der Waals surface area contributed by atoms with E-state index in [2.05, 4.69) is 38.5 Å². The average molecular weight is 471 g/mol. The Balaban J connectivity index is 2.80. The molecule has 0 spiro atoms. The molecule has 1 heterocycles. The summed E-state index contributed by atoms with van der Waals surface area (Å²) in [5.41, 5.74) is 6.57. The van der Waals surface area contributed by atoms with Gasteiger partial charge in [0.2, 0.25) is 17.7 Å². The smallest absolute Gasteiger partial charge is 0.326 e. The van der Waals surface area contributed by atoms with Crippen molar-refractivity contribution in [2.75, 3.05) is 5.75 Å². The summed E-state index contributed by atoms with van der Waals surface area (Å²) in [6.07, 6.45) is 3.78. The van der Waals surface area contributed by atoms with Crippen molar-refractivity contribution in [2.24, 2.45) is 17.6 Å². The summed E-state index contributed by atoms with van der Waals surface area (Å²) in [5, 5.41) is 17.1. The molecular weight excluding hydrogens is 436 g/mol. The van der Waals surface area contributed by atoms with Gasteiger partial charge in [0, 0.05) is 24.1 Å². The molecule has 0 bridgehead atoms. The lowest BCUT2D eigenvalue weighted by atomic mass is 9.97. The quantitative estimate of drug-likeness (QED) is 0.189. The highest BCUT2D eigenvalue weighted by Gasteiger charge is 2.33. The van der Waals surface area contributed by atoms with Crippen molar-refractivity contribution < 1.29 is 24.3 Å². The first-order valence-corrected chi connectivity index (χ1v) is 11.1. The Morgan fingerprint density at radius 3 is 2.19 bits per heavy atom. The molecule has 7 N–H and O–H groups in total. The third-order valence-corrected chi connectivity index (χ3v) is 5.54. The van der Waals surface area contributed by atoms with Gasteiger partial charge in [0.15, 0.2) is 0 Å². The third-order valence-electron chi connectivity index (χ3n) is 5.17. The first-order chi connectivity index (χ1) is 15.0. The molecule has 12 heteroatoms. The molecule has 1 aromatic heterocycles. The lowest BCUT2D eigenvalue weighted by molar-refractivity contribution is -0.144. The Morgan fingerprint density at radius 2 is 1.72 bits per heavy atom. The van der Waals surface area contributed by atoms with Gasteiger partial charge in [-0.3, -0.25) is 14.4 Å². The van der Waals surface area contributed by atoms with Crippen LogP contribution < -0.4 is 21.7 Å². The largest absolute Gasteiger partial charge is 0.480 e. The van der Waals surface area contributed by atoms with E-state index in [9.17, 15) is 24.3 Å². The van der Waals surface area contributed by atoms with Crippen LogP contribution in [0.15, 0.2) is 12.5 Å². The zero-order valence-corrected chi connectivity index (χ0v) is 19.7. The molecule has 0 aliphatic rings. The van der Waals surface area contributed by atoms with Crippen LogP contribution in [0, 0.1) is 11.8 Å². The predicted molar refractivity (Wildman–Crippen MR) is 122 cm³/mol. The van der Waals surface area contributed by atoms with Gasteiger partial charge in [-0.15, -0.1) is 0 Å². The maximum Gasteiger partial charge on any atom is 0.326 e. The lowest BCUT2D eigenvalue weighted by Gasteiger charge is -2.28. The van der Waals surface area contributed by atoms with Crippen molar-refractivity contribution >= 4 is 36.3 Å². The molecule has 0 fully saturated rings. The molecule has 0 aliphatic carbocycles. The first kappa shape index (κ1) is 27.4. The molecule has 0 radical (unpaired) electrons. The summed E-state index contributed by atoms with van der Waals surface area (Å²) >= 11 is 4.12. The standard InChI is InChI=1S/C20H34N6O5S/c1-5-11(4)16(20(30)31)26-19(29)15(10(2)3)25-18(28)14(8-32)24-17(27)13(21)6-12-7-22-9-23-12/h7,9-11,13-16,32H,5-6,8,21H2,1-4H3,(H,22,23)(H,24,27)(H,25,28)(H,26,29)(H,30,31). The van der Waals surface area contributed by atoms with Crippen LogP contribution in [0.1, 0.15) is 39.8 Å². The SMILES string of the molecule is CCC(C)C(NC(=O)C(NC(=O)C(CS)NC(=O)C(N)Cc1cnc[nH]1)C(C)C)C(=O)O. The average Bonchev–Trinajstić information content (AvgIpc) is 3.25. The van der Waals surface area contributed by atoms with E-state index in [0.29, 0.717) is 12.1 Å². The second kappa shape index (κ2) is 13.1. The van der Waals surface area contributed by atoms with Gasteiger partial charge in [-0.05, 0) is 11.8 Å². The van der Waals surface area contributed by atoms with Crippen LogP contribution in [-0.4, -0.2) is 68.7 Å². The van der Waals surface area contributed by atoms with E-state index in [1.54, 1.807) is 27.0 Å². The normalized spacial score (nSPS) is 15.8. The highest BCUT2D eigenvalue weighted by atomic mass is 32.1. The van der Waals surface area contributed by atoms with Crippen LogP contribution in [0.3, 0.4) is 0 Å². The Kier molecular flexibility index (Phi) is 11.2. The fraction of sp³-hybridized carbons (Fsp3) is 0.650. The molecule has 0 saturated heterocycles. The molecule has 32 heavy (non-hydrogen) atoms. The molecule has 0 saturated carbocycles. The minimum atomic E-state index is -1.15. The van der Waals surface area contributed by atoms with Gasteiger partial charge < -0.3 is 31.8 Å². The van der Waals surface area contributed by atoms with Crippen molar-refractivity contribution in [2.45, 2.75) is 64.7 Å².